The number of alkyl halides is 12. The fourth-order valence-corrected chi connectivity index (χ4v) is 12.7. The maximum Gasteiger partial charge on any atom is 0.434 e. The van der Waals surface area contributed by atoms with Gasteiger partial charge in [-0.05, 0) is 148 Å². The molecule has 22 nitrogen and oxygen atoms in total. The first-order valence-electron chi connectivity index (χ1n) is 35.0. The molecular weight excluding hydrogens is 1550 g/mol. The van der Waals surface area contributed by atoms with Crippen LogP contribution in [0.5, 0.6) is 46.0 Å². The molecule has 0 aliphatic carbocycles. The molecule has 116 heavy (non-hydrogen) atoms. The average Bonchev–Trinajstić information content (AvgIpc) is 0.671. The Bertz CT molecular complexity index is 4910. The van der Waals surface area contributed by atoms with Crippen molar-refractivity contribution >= 4 is 102 Å². The molecule has 9 aromatic carbocycles. The monoisotopic (exact) mass is 1620 g/mol. The van der Waals surface area contributed by atoms with Crippen LogP contribution in [0.15, 0.2) is 170 Å². The number of nitrogens with one attached hydrogen (secondary N) is 4. The van der Waals surface area contributed by atoms with Crippen molar-refractivity contribution in [2.75, 3.05) is 39.3 Å². The molecule has 0 unspecified atom stereocenters. The van der Waals surface area contributed by atoms with Gasteiger partial charge in [0.15, 0.2) is 0 Å². The number of halogens is 12. The van der Waals surface area contributed by atoms with E-state index in [4.69, 9.17) is 18.9 Å². The fraction of sp³-hybridized carbons (Fsp3) is 0.244. The quantitative estimate of drug-likeness (QED) is 0.00813. The predicted molar refractivity (Wildman–Crippen MR) is 395 cm³/mol. The van der Waals surface area contributed by atoms with Crippen LogP contribution in [0.2, 0.25) is 0 Å². The number of ether oxygens (including phenoxy) is 6. The minimum Gasteiger partial charge on any atom is -0.457 e. The van der Waals surface area contributed by atoms with Crippen LogP contribution in [0.25, 0.3) is 43.1 Å². The fourth-order valence-electron chi connectivity index (χ4n) is 12.7. The Balaban J connectivity index is 1.25. The largest absolute Gasteiger partial charge is 0.457 e. The van der Waals surface area contributed by atoms with Gasteiger partial charge in [-0.25, -0.2) is 0 Å². The number of hydrogen-bond donors (Lipinski definition) is 4. The highest BCUT2D eigenvalue weighted by Gasteiger charge is 2.61. The number of esters is 2. The second kappa shape index (κ2) is 33.0. The minimum absolute atomic E-state index is 0.00555. The molecule has 0 aromatic heterocycles. The van der Waals surface area contributed by atoms with Gasteiger partial charge in [0.25, 0.3) is 35.8 Å². The van der Waals surface area contributed by atoms with E-state index in [0.29, 0.717) is 22.3 Å². The second-order valence-electron chi connectivity index (χ2n) is 27.1. The lowest BCUT2D eigenvalue weighted by molar-refractivity contribution is -0.313. The molecule has 2 aliphatic heterocycles. The summed E-state index contributed by atoms with van der Waals surface area (Å²) in [4.78, 5) is 139. The molecule has 9 aromatic rings. The first kappa shape index (κ1) is 83.6. The molecule has 0 saturated carbocycles. The van der Waals surface area contributed by atoms with Crippen molar-refractivity contribution in [3.05, 3.63) is 214 Å². The number of amides is 8. The van der Waals surface area contributed by atoms with Gasteiger partial charge in [0.05, 0.1) is 22.3 Å². The highest BCUT2D eigenvalue weighted by molar-refractivity contribution is 6.45. The van der Waals surface area contributed by atoms with Crippen molar-refractivity contribution in [3.8, 4) is 46.0 Å². The van der Waals surface area contributed by atoms with Crippen molar-refractivity contribution in [2.24, 2.45) is 0 Å². The Kier molecular flexibility index (Phi) is 23.8. The summed E-state index contributed by atoms with van der Waals surface area (Å²) in [6.07, 6.45) is -33.9. The maximum absolute atomic E-state index is 15.6. The first-order valence-corrected chi connectivity index (χ1v) is 35.0. The lowest BCUT2D eigenvalue weighted by Gasteiger charge is -2.32. The molecular formula is C82H66F12N6O16. The highest BCUT2D eigenvalue weighted by Crippen LogP contribution is 2.58. The highest BCUT2D eigenvalue weighted by atomic mass is 19.4. The SMILES string of the molecule is C=C(C)C(=O)NCCc1ccc(Oc2cc3c4c(cc(Oc5ccc(CCNC(=O)C(=C)C)cc5)c5c6c(Oc7ccc(CCNC(=O)C(=C)C)cc7)cc7c8c(cc(Oc9ccc(CCNC(=O)C(=C)C)cc9)c(c2c45)c86)C(=O)N(CC(=O)OC(C(F)(F)F)C(F)(F)F)C7=O)C(=O)N(CC(=O)OC(C(F)(F)F)C(F)(F)F)C3=O)cc1. The van der Waals surface area contributed by atoms with Gasteiger partial charge in [0.2, 0.25) is 23.6 Å². The van der Waals surface area contributed by atoms with Crippen molar-refractivity contribution < 1.29 is 129 Å². The van der Waals surface area contributed by atoms with E-state index in [1.165, 1.54) is 76.2 Å². The molecule has 0 radical (unpaired) electrons. The number of carbonyl (C=O) groups excluding carboxylic acids is 10. The summed E-state index contributed by atoms with van der Waals surface area (Å²) in [7, 11) is 0. The minimum atomic E-state index is -6.29. The summed E-state index contributed by atoms with van der Waals surface area (Å²) in [5, 5.41) is 8.10. The number of carbonyl (C=O) groups is 10. The van der Waals surface area contributed by atoms with E-state index < -0.39 is 165 Å². The van der Waals surface area contributed by atoms with Crippen LogP contribution in [0.4, 0.5) is 52.7 Å². The smallest absolute Gasteiger partial charge is 0.434 e. The Hall–Kier alpha value is -13.3. The van der Waals surface area contributed by atoms with Crippen LogP contribution in [0.1, 0.15) is 91.4 Å². The molecule has 604 valence electrons. The third kappa shape index (κ3) is 18.2. The second-order valence-corrected chi connectivity index (χ2v) is 27.1. The average molecular weight is 1620 g/mol. The Labute approximate surface area is 649 Å². The van der Waals surface area contributed by atoms with Crippen molar-refractivity contribution in [3.63, 3.8) is 0 Å². The van der Waals surface area contributed by atoms with Crippen LogP contribution in [0.3, 0.4) is 0 Å². The van der Waals surface area contributed by atoms with Crippen LogP contribution < -0.4 is 40.2 Å². The molecule has 0 spiro atoms. The summed E-state index contributed by atoms with van der Waals surface area (Å²) in [5.74, 6) is -15.5. The summed E-state index contributed by atoms with van der Waals surface area (Å²) < 4.78 is 204. The zero-order valence-corrected chi connectivity index (χ0v) is 61.6. The van der Waals surface area contributed by atoms with Gasteiger partial charge in [0, 0.05) is 91.6 Å². The third-order valence-corrected chi connectivity index (χ3v) is 18.3. The van der Waals surface area contributed by atoms with Crippen molar-refractivity contribution in [2.45, 2.75) is 90.3 Å². The maximum atomic E-state index is 15.6. The van der Waals surface area contributed by atoms with Gasteiger partial charge in [-0.3, -0.25) is 57.7 Å². The number of rotatable bonds is 30. The van der Waals surface area contributed by atoms with Gasteiger partial charge < -0.3 is 49.7 Å². The summed E-state index contributed by atoms with van der Waals surface area (Å²) in [5.41, 5.74) is 0.359. The number of nitrogens with zero attached hydrogens (tertiary/aromatic N) is 2. The molecule has 0 atom stereocenters. The number of imide groups is 2. The van der Waals surface area contributed by atoms with Gasteiger partial charge in [-0.15, -0.1) is 0 Å². The molecule has 4 N–H and O–H groups in total. The lowest BCUT2D eigenvalue weighted by Crippen LogP contribution is -2.49. The van der Waals surface area contributed by atoms with E-state index >= 15 is 19.2 Å². The predicted octanol–water partition coefficient (Wildman–Crippen LogP) is 15.1. The van der Waals surface area contributed by atoms with Crippen LogP contribution in [-0.2, 0) is 63.9 Å². The topological polar surface area (TPSA) is 281 Å². The Morgan fingerprint density at radius 3 is 0.707 bits per heavy atom. The Morgan fingerprint density at radius 2 is 0.526 bits per heavy atom. The van der Waals surface area contributed by atoms with Crippen molar-refractivity contribution in [1.29, 1.82) is 0 Å². The van der Waals surface area contributed by atoms with Crippen molar-refractivity contribution in [1.82, 2.24) is 31.1 Å². The van der Waals surface area contributed by atoms with Gasteiger partial charge in [0.1, 0.15) is 59.1 Å². The molecule has 34 heteroatoms. The van der Waals surface area contributed by atoms with E-state index in [0.717, 1.165) is 24.3 Å². The molecule has 2 aliphatic rings. The zero-order valence-electron chi connectivity index (χ0n) is 61.6. The molecule has 8 amide bonds. The number of hydrogen-bond acceptors (Lipinski definition) is 16. The third-order valence-electron chi connectivity index (χ3n) is 18.3. The van der Waals surface area contributed by atoms with Gasteiger partial charge >= 0.3 is 36.6 Å². The van der Waals surface area contributed by atoms with Crippen LogP contribution in [-0.4, -0.2) is 145 Å². The van der Waals surface area contributed by atoms with Crippen LogP contribution in [0, 0.1) is 0 Å². The van der Waals surface area contributed by atoms with Crippen LogP contribution >= 0.6 is 0 Å². The zero-order chi connectivity index (χ0) is 84.5. The van der Waals surface area contributed by atoms with E-state index in [1.54, 1.807) is 48.5 Å². The van der Waals surface area contributed by atoms with E-state index in [1.807, 2.05) is 0 Å². The molecule has 0 fully saturated rings. The Morgan fingerprint density at radius 1 is 0.328 bits per heavy atom. The lowest BCUT2D eigenvalue weighted by atomic mass is 9.80. The van der Waals surface area contributed by atoms with Gasteiger partial charge in [-0.2, -0.15) is 52.7 Å². The summed E-state index contributed by atoms with van der Waals surface area (Å²) in [6, 6.07) is 27.4. The molecule has 0 bridgehead atoms. The summed E-state index contributed by atoms with van der Waals surface area (Å²) in [6.45, 7) is 16.9. The standard InChI is InChI=1S/C82H66F12N6O16/c1-39(2)69(103)95-29-25-43-9-17-47(18-10-43)111-55-33-51-61-52(74(108)99(73(51)107)37-59(101)115-77(79(83,84)85)80(86,87)88)35-57(113-49-21-13-45(14-22-49)27-31-97-71(105)41(5)6)65-66-58(114-50-23-15-46(16-24-50)28-32-98-72(106)42(7)8)36-54-62-53(75(109)100(76(54)110)38-60(102)116-78(81(89,90)91)82(92,93)94)34-56(64(68(62)66)63(55)67(61)65)112-48-19-11-44(12-20-48)26-30-96-70(104)40(3)4/h9-24,33-36,77-78H,1,3,5,7,25-32,37-38H2,2,4,6,8H3,(H,95,103)(H,96,104)(H,97,105)(H,98,106). The number of fused-ring (bicyclic) bond motifs is 2. The first-order chi connectivity index (χ1) is 54.5. The normalized spacial score (nSPS) is 13.0. The molecule has 0 saturated heterocycles. The van der Waals surface area contributed by atoms with E-state index in [2.05, 4.69) is 57.1 Å². The molecule has 11 rings (SSSR count). The van der Waals surface area contributed by atoms with E-state index in [9.17, 15) is 81.5 Å². The number of benzene rings is 9. The van der Waals surface area contributed by atoms with E-state index in [-0.39, 0.29) is 139 Å². The van der Waals surface area contributed by atoms with Gasteiger partial charge in [-0.1, -0.05) is 74.8 Å². The summed E-state index contributed by atoms with van der Waals surface area (Å²) >= 11 is 0. The molecule has 2 heterocycles.